The van der Waals surface area contributed by atoms with E-state index < -0.39 is 0 Å². The summed E-state index contributed by atoms with van der Waals surface area (Å²) >= 11 is 0. The van der Waals surface area contributed by atoms with Crippen LogP contribution in [0.4, 0.5) is 0 Å². The summed E-state index contributed by atoms with van der Waals surface area (Å²) in [6.07, 6.45) is -0.371. The molecular weight excluding hydrogens is 526 g/mol. The first kappa shape index (κ1) is 25.0. The number of benzene rings is 6. The largest absolute Gasteiger partial charge is 0.456 e. The molecule has 6 aromatic carbocycles. The summed E-state index contributed by atoms with van der Waals surface area (Å²) in [6, 6.07) is 52.2. The average molecular weight is 554 g/mol. The number of aliphatic imine (C=N–C) groups is 2. The second kappa shape index (κ2) is 10.6. The average Bonchev–Trinajstić information content (AvgIpc) is 3.47. The molecule has 0 spiro atoms. The van der Waals surface area contributed by atoms with Crippen molar-refractivity contribution in [2.75, 3.05) is 0 Å². The van der Waals surface area contributed by atoms with Crippen molar-refractivity contribution in [2.24, 2.45) is 9.98 Å². The van der Waals surface area contributed by atoms with Gasteiger partial charge in [-0.25, -0.2) is 9.98 Å². The van der Waals surface area contributed by atoms with Gasteiger partial charge in [-0.1, -0.05) is 127 Å². The number of hydrogen-bond acceptors (Lipinski definition) is 4. The highest BCUT2D eigenvalue weighted by Gasteiger charge is 2.23. The highest BCUT2D eigenvalue weighted by Crippen LogP contribution is 2.39. The summed E-state index contributed by atoms with van der Waals surface area (Å²) in [5.74, 6) is 1.54. The smallest absolute Gasteiger partial charge is 0.169 e. The van der Waals surface area contributed by atoms with E-state index in [1.165, 1.54) is 11.1 Å². The van der Waals surface area contributed by atoms with Crippen LogP contribution in [0, 0.1) is 0 Å². The Balaban J connectivity index is 1.33. The lowest BCUT2D eigenvalue weighted by Gasteiger charge is -2.22. The lowest BCUT2D eigenvalue weighted by molar-refractivity contribution is 0.669. The number of fused-ring (bicyclic) bond motifs is 3. The molecule has 1 aliphatic rings. The summed E-state index contributed by atoms with van der Waals surface area (Å²) in [7, 11) is 0. The first-order valence-corrected chi connectivity index (χ1v) is 14.4. The van der Waals surface area contributed by atoms with Gasteiger partial charge in [0.1, 0.15) is 22.8 Å². The van der Waals surface area contributed by atoms with Crippen molar-refractivity contribution in [3.05, 3.63) is 168 Å². The van der Waals surface area contributed by atoms with E-state index in [9.17, 15) is 0 Å². The Morgan fingerprint density at radius 1 is 0.465 bits per heavy atom. The van der Waals surface area contributed by atoms with Gasteiger partial charge in [-0.15, -0.1) is 0 Å². The Hall–Kier alpha value is -5.74. The van der Waals surface area contributed by atoms with Gasteiger partial charge in [0.2, 0.25) is 0 Å². The number of rotatable bonds is 5. The maximum absolute atomic E-state index is 6.47. The van der Waals surface area contributed by atoms with Gasteiger partial charge in [0, 0.05) is 21.9 Å². The maximum Gasteiger partial charge on any atom is 0.169 e. The van der Waals surface area contributed by atoms with Crippen LogP contribution in [0.2, 0.25) is 0 Å². The predicted octanol–water partition coefficient (Wildman–Crippen LogP) is 9.42. The van der Waals surface area contributed by atoms with E-state index in [1.807, 2.05) is 54.6 Å². The molecule has 1 unspecified atom stereocenters. The third kappa shape index (κ3) is 4.69. The summed E-state index contributed by atoms with van der Waals surface area (Å²) in [5, 5.41) is 5.75. The van der Waals surface area contributed by atoms with Gasteiger partial charge in [-0.3, -0.25) is 0 Å². The molecule has 0 amide bonds. The van der Waals surface area contributed by atoms with Crippen LogP contribution < -0.4 is 5.32 Å². The van der Waals surface area contributed by atoms with Crippen LogP contribution in [0.15, 0.2) is 166 Å². The fourth-order valence-electron chi connectivity index (χ4n) is 5.83. The SMILES string of the molecule is c1ccc(C2=NC(c3ccccc3)N=C(c3cc(-c4cccc(-c5ccccc5)c4)c4c(c3)oc3ccccc34)N2)cc1. The second-order valence-electron chi connectivity index (χ2n) is 10.7. The molecule has 204 valence electrons. The lowest BCUT2D eigenvalue weighted by atomic mass is 9.94. The molecule has 1 aromatic heterocycles. The molecule has 4 heteroatoms. The molecule has 1 atom stereocenters. The molecule has 8 rings (SSSR count). The minimum atomic E-state index is -0.371. The normalized spacial score (nSPS) is 14.7. The third-order valence-corrected chi connectivity index (χ3v) is 7.92. The quantitative estimate of drug-likeness (QED) is 0.231. The molecule has 0 aliphatic carbocycles. The predicted molar refractivity (Wildman–Crippen MR) is 176 cm³/mol. The van der Waals surface area contributed by atoms with Crippen molar-refractivity contribution < 1.29 is 4.42 Å². The molecule has 0 saturated carbocycles. The molecule has 4 nitrogen and oxygen atoms in total. The van der Waals surface area contributed by atoms with Gasteiger partial charge >= 0.3 is 0 Å². The molecule has 0 bridgehead atoms. The number of amidine groups is 2. The maximum atomic E-state index is 6.47. The summed E-state index contributed by atoms with van der Waals surface area (Å²) in [4.78, 5) is 10.2. The summed E-state index contributed by atoms with van der Waals surface area (Å²) < 4.78 is 6.47. The monoisotopic (exact) mass is 553 g/mol. The number of furan rings is 1. The molecule has 0 saturated heterocycles. The van der Waals surface area contributed by atoms with Gasteiger partial charge in [-0.05, 0) is 52.1 Å². The topological polar surface area (TPSA) is 49.9 Å². The minimum Gasteiger partial charge on any atom is -0.456 e. The van der Waals surface area contributed by atoms with Crippen molar-refractivity contribution in [3.8, 4) is 22.3 Å². The van der Waals surface area contributed by atoms with Crippen LogP contribution in [0.1, 0.15) is 22.9 Å². The van der Waals surface area contributed by atoms with Gasteiger partial charge < -0.3 is 9.73 Å². The van der Waals surface area contributed by atoms with Gasteiger partial charge in [0.15, 0.2) is 6.17 Å². The van der Waals surface area contributed by atoms with Crippen molar-refractivity contribution in [1.29, 1.82) is 0 Å². The molecular formula is C39H27N3O. The zero-order valence-electron chi connectivity index (χ0n) is 23.3. The Morgan fingerprint density at radius 2 is 1.07 bits per heavy atom. The number of hydrogen-bond donors (Lipinski definition) is 1. The van der Waals surface area contributed by atoms with Crippen LogP contribution in [-0.2, 0) is 0 Å². The first-order valence-electron chi connectivity index (χ1n) is 14.4. The van der Waals surface area contributed by atoms with Crippen LogP contribution in [0.25, 0.3) is 44.2 Å². The lowest BCUT2D eigenvalue weighted by Crippen LogP contribution is -2.36. The fourth-order valence-corrected chi connectivity index (χ4v) is 5.83. The Labute approximate surface area is 249 Å². The molecule has 43 heavy (non-hydrogen) atoms. The number of nitrogens with zero attached hydrogens (tertiary/aromatic N) is 2. The van der Waals surface area contributed by atoms with E-state index in [-0.39, 0.29) is 6.17 Å². The number of para-hydroxylation sites is 1. The molecule has 0 fully saturated rings. The highest BCUT2D eigenvalue weighted by atomic mass is 16.3. The highest BCUT2D eigenvalue weighted by molar-refractivity contribution is 6.19. The second-order valence-corrected chi connectivity index (χ2v) is 10.7. The van der Waals surface area contributed by atoms with Crippen molar-refractivity contribution in [2.45, 2.75) is 6.17 Å². The first-order chi connectivity index (χ1) is 21.3. The van der Waals surface area contributed by atoms with Gasteiger partial charge in [-0.2, -0.15) is 0 Å². The standard InChI is InChI=1S/C39H27N3O/c1-4-13-26(14-5-1)29-19-12-20-30(23-29)33-24-31(25-35-36(33)32-21-10-11-22-34(32)43-35)39-41-37(27-15-6-2-7-16-27)40-38(42-39)28-17-8-3-9-18-28/h1-25,37H,(H,40,41,42). The van der Waals surface area contributed by atoms with Gasteiger partial charge in [0.05, 0.1) is 0 Å². The van der Waals surface area contributed by atoms with Crippen molar-refractivity contribution in [1.82, 2.24) is 5.32 Å². The Bertz CT molecular complexity index is 2150. The van der Waals surface area contributed by atoms with Crippen molar-refractivity contribution in [3.63, 3.8) is 0 Å². The molecule has 1 N–H and O–H groups in total. The fraction of sp³-hybridized carbons (Fsp3) is 0.0256. The van der Waals surface area contributed by atoms with Crippen LogP contribution in [0.5, 0.6) is 0 Å². The van der Waals surface area contributed by atoms with E-state index in [1.54, 1.807) is 0 Å². The molecule has 0 radical (unpaired) electrons. The Kier molecular flexibility index (Phi) is 6.16. The van der Waals surface area contributed by atoms with Crippen molar-refractivity contribution >= 4 is 33.6 Å². The summed E-state index contributed by atoms with van der Waals surface area (Å²) in [5.41, 5.74) is 9.24. The molecule has 1 aliphatic heterocycles. The zero-order chi connectivity index (χ0) is 28.6. The van der Waals surface area contributed by atoms with E-state index in [2.05, 4.69) is 102 Å². The zero-order valence-corrected chi connectivity index (χ0v) is 23.3. The van der Waals surface area contributed by atoms with Crippen LogP contribution in [0.3, 0.4) is 0 Å². The van der Waals surface area contributed by atoms with E-state index in [0.717, 1.165) is 61.4 Å². The van der Waals surface area contributed by atoms with E-state index in [0.29, 0.717) is 0 Å². The summed E-state index contributed by atoms with van der Waals surface area (Å²) in [6.45, 7) is 0. The van der Waals surface area contributed by atoms with Gasteiger partial charge in [0.25, 0.3) is 0 Å². The Morgan fingerprint density at radius 3 is 1.84 bits per heavy atom. The minimum absolute atomic E-state index is 0.371. The number of nitrogens with one attached hydrogen (secondary N) is 1. The molecule has 7 aromatic rings. The van der Waals surface area contributed by atoms with Crippen LogP contribution in [-0.4, -0.2) is 11.7 Å². The molecule has 2 heterocycles. The third-order valence-electron chi connectivity index (χ3n) is 7.92. The van der Waals surface area contributed by atoms with E-state index in [4.69, 9.17) is 14.4 Å². The van der Waals surface area contributed by atoms with E-state index >= 15 is 0 Å². The van der Waals surface area contributed by atoms with Crippen LogP contribution >= 0.6 is 0 Å².